The second kappa shape index (κ2) is 9.79. The van der Waals surface area contributed by atoms with Crippen LogP contribution in [0.25, 0.3) is 11.0 Å². The zero-order valence-corrected chi connectivity index (χ0v) is 21.1. The average molecular weight is 560 g/mol. The molecule has 0 radical (unpaired) electrons. The summed E-state index contributed by atoms with van der Waals surface area (Å²) in [7, 11) is 1.26. The van der Waals surface area contributed by atoms with Crippen molar-refractivity contribution in [1.29, 1.82) is 0 Å². The lowest BCUT2D eigenvalue weighted by Gasteiger charge is -2.49. The van der Waals surface area contributed by atoms with Crippen LogP contribution in [0.4, 0.5) is 5.13 Å². The molecule has 16 heteroatoms. The van der Waals surface area contributed by atoms with Gasteiger partial charge in [-0.05, 0) is 6.07 Å². The second-order valence-electron chi connectivity index (χ2n) is 8.16. The Morgan fingerprint density at radius 3 is 2.82 bits per heavy atom. The molecule has 3 aromatic rings. The molecular weight excluding hydrogens is 540 g/mol. The monoisotopic (exact) mass is 559 g/mol. The molecule has 0 saturated carbocycles. The molecule has 2 atom stereocenters. The zero-order valence-electron chi connectivity index (χ0n) is 19.5. The minimum Gasteiger partial charge on any atom is -0.477 e. The standard InChI is InChI=1S/C22H18N6O8S2/c1-35-26-14(11-8-38-22(23)24-11)17(29)25-15-18(30)28-16(21(33)34)10(7-37-19(15)28)5-27-3-2-9-4-12(20(31)32)36-13(9)6-27/h2-4,6,8,15,19H,5,7H2,1H3,(H4-,23,24,25,29,31,32,33,34)/p+1/b26-14-/t15?,19-/m1/s1. The van der Waals surface area contributed by atoms with E-state index in [1.807, 2.05) is 0 Å². The number of rotatable bonds is 8. The van der Waals surface area contributed by atoms with Gasteiger partial charge < -0.3 is 30.5 Å². The predicted octanol–water partition coefficient (Wildman–Crippen LogP) is 0.247. The Labute approximate surface area is 221 Å². The number of aromatic carboxylic acids is 1. The Morgan fingerprint density at radius 2 is 2.16 bits per heavy atom. The van der Waals surface area contributed by atoms with Gasteiger partial charge in [0, 0.05) is 28.2 Å². The maximum Gasteiger partial charge on any atom is 0.371 e. The number of hydrogen-bond acceptors (Lipinski definition) is 11. The van der Waals surface area contributed by atoms with Crippen LogP contribution in [0.3, 0.4) is 0 Å². The fourth-order valence-electron chi connectivity index (χ4n) is 4.15. The highest BCUT2D eigenvalue weighted by atomic mass is 32.2. The van der Waals surface area contributed by atoms with E-state index in [9.17, 15) is 24.3 Å². The van der Waals surface area contributed by atoms with Gasteiger partial charge in [-0.25, -0.2) is 14.6 Å². The Bertz CT molecular complexity index is 1560. The molecule has 1 fully saturated rings. The molecule has 0 bridgehead atoms. The number of carboxylic acids is 2. The minimum atomic E-state index is -1.28. The van der Waals surface area contributed by atoms with Crippen LogP contribution in [0.5, 0.6) is 0 Å². The number of anilines is 1. The summed E-state index contributed by atoms with van der Waals surface area (Å²) in [5.41, 5.74) is 6.27. The number of hydrogen-bond donors (Lipinski definition) is 4. The van der Waals surface area contributed by atoms with Crippen LogP contribution in [0, 0.1) is 0 Å². The van der Waals surface area contributed by atoms with Crippen LogP contribution in [-0.2, 0) is 25.8 Å². The largest absolute Gasteiger partial charge is 0.477 e. The van der Waals surface area contributed by atoms with E-state index in [2.05, 4.69) is 15.5 Å². The molecule has 14 nitrogen and oxygen atoms in total. The number of carbonyl (C=O) groups is 4. The van der Waals surface area contributed by atoms with Gasteiger partial charge in [0.1, 0.15) is 29.9 Å². The molecule has 3 aromatic heterocycles. The minimum absolute atomic E-state index is 0.122. The first kappa shape index (κ1) is 25.2. The molecule has 196 valence electrons. The fraction of sp³-hybridized carbons (Fsp3) is 0.227. The lowest BCUT2D eigenvalue weighted by molar-refractivity contribution is -0.688. The van der Waals surface area contributed by atoms with Gasteiger partial charge in [-0.1, -0.05) is 5.16 Å². The van der Waals surface area contributed by atoms with Crippen molar-refractivity contribution in [3.05, 3.63) is 52.6 Å². The van der Waals surface area contributed by atoms with Crippen LogP contribution in [0.2, 0.25) is 0 Å². The molecule has 5 rings (SSSR count). The first-order valence-electron chi connectivity index (χ1n) is 10.9. The Balaban J connectivity index is 1.36. The molecule has 0 aromatic carbocycles. The third-order valence-corrected chi connectivity index (χ3v) is 7.82. The summed E-state index contributed by atoms with van der Waals surface area (Å²) in [5.74, 6) is -3.73. The summed E-state index contributed by atoms with van der Waals surface area (Å²) in [4.78, 5) is 59.2. The fourth-order valence-corrected chi connectivity index (χ4v) is 6.03. The SMILES string of the molecule is CO/N=C(\C(=O)NC1C(=O)N2C(C(=O)O)=C(C[n+]3ccc4cc(C(=O)O)oc4c3)CS[C@H]12)c1csc(N)n1. The van der Waals surface area contributed by atoms with E-state index >= 15 is 0 Å². The highest BCUT2D eigenvalue weighted by Crippen LogP contribution is 2.40. The van der Waals surface area contributed by atoms with Crippen molar-refractivity contribution in [2.45, 2.75) is 18.0 Å². The van der Waals surface area contributed by atoms with Crippen LogP contribution in [0.1, 0.15) is 16.2 Å². The van der Waals surface area contributed by atoms with E-state index in [-0.39, 0.29) is 40.3 Å². The number of aliphatic carboxylic acids is 1. The summed E-state index contributed by atoms with van der Waals surface area (Å²) < 4.78 is 6.97. The number of β-lactam (4-membered cyclic amide) rings is 1. The highest BCUT2D eigenvalue weighted by Gasteiger charge is 2.54. The molecule has 38 heavy (non-hydrogen) atoms. The number of carboxylic acid groups (broad SMARTS) is 2. The van der Waals surface area contributed by atoms with Gasteiger partial charge in [0.15, 0.2) is 29.2 Å². The summed E-state index contributed by atoms with van der Waals surface area (Å²) in [6.45, 7) is 0.122. The van der Waals surface area contributed by atoms with E-state index < -0.39 is 35.2 Å². The van der Waals surface area contributed by atoms with E-state index in [1.165, 1.54) is 30.3 Å². The van der Waals surface area contributed by atoms with Gasteiger partial charge in [0.05, 0.1) is 0 Å². The Hall–Kier alpha value is -4.44. The molecule has 2 amide bonds. The lowest BCUT2D eigenvalue weighted by Crippen LogP contribution is -2.71. The van der Waals surface area contributed by atoms with Crippen LogP contribution < -0.4 is 15.6 Å². The maximum atomic E-state index is 13.0. The molecule has 5 N–H and O–H groups in total. The van der Waals surface area contributed by atoms with Crippen molar-refractivity contribution in [2.24, 2.45) is 5.16 Å². The average Bonchev–Trinajstić information content (AvgIpc) is 3.51. The Morgan fingerprint density at radius 1 is 1.37 bits per heavy atom. The van der Waals surface area contributed by atoms with Gasteiger partial charge in [-0.3, -0.25) is 14.5 Å². The van der Waals surface area contributed by atoms with E-state index in [4.69, 9.17) is 20.1 Å². The number of thiazole rings is 1. The van der Waals surface area contributed by atoms with Crippen LogP contribution in [0.15, 0.2) is 50.7 Å². The number of nitrogens with zero attached hydrogens (tertiary/aromatic N) is 4. The van der Waals surface area contributed by atoms with Gasteiger partial charge in [0.25, 0.3) is 11.8 Å². The third-order valence-electron chi connectivity index (χ3n) is 5.80. The summed E-state index contributed by atoms with van der Waals surface area (Å²) in [6, 6.07) is 2.06. The van der Waals surface area contributed by atoms with Crippen molar-refractivity contribution in [2.75, 3.05) is 18.6 Å². The van der Waals surface area contributed by atoms with E-state index in [1.54, 1.807) is 23.0 Å². The normalized spacial score (nSPS) is 19.2. The summed E-state index contributed by atoms with van der Waals surface area (Å²) in [6.07, 6.45) is 3.23. The number of aromatic nitrogens is 2. The van der Waals surface area contributed by atoms with Gasteiger partial charge in [-0.2, -0.15) is 4.57 Å². The van der Waals surface area contributed by atoms with Gasteiger partial charge in [-0.15, -0.1) is 23.1 Å². The quantitative estimate of drug-likeness (QED) is 0.127. The lowest BCUT2D eigenvalue weighted by atomic mass is 10.0. The topological polar surface area (TPSA) is 202 Å². The predicted molar refractivity (Wildman–Crippen MR) is 133 cm³/mol. The molecule has 2 aliphatic rings. The summed E-state index contributed by atoms with van der Waals surface area (Å²) in [5, 5.41) is 27.1. The van der Waals surface area contributed by atoms with E-state index in [0.717, 1.165) is 16.2 Å². The second-order valence-corrected chi connectivity index (χ2v) is 10.2. The number of thioether (sulfide) groups is 1. The molecular formula is C22H19N6O8S2+. The van der Waals surface area contributed by atoms with Crippen molar-refractivity contribution < 1.29 is 43.2 Å². The maximum absolute atomic E-state index is 13.0. The molecule has 2 aliphatic heterocycles. The highest BCUT2D eigenvalue weighted by molar-refractivity contribution is 8.00. The molecule has 1 saturated heterocycles. The number of fused-ring (bicyclic) bond motifs is 2. The number of amides is 2. The number of pyridine rings is 1. The summed E-state index contributed by atoms with van der Waals surface area (Å²) >= 11 is 2.41. The molecule has 0 spiro atoms. The van der Waals surface area contributed by atoms with Gasteiger partial charge in [0.2, 0.25) is 12.0 Å². The molecule has 0 aliphatic carbocycles. The van der Waals surface area contributed by atoms with Crippen molar-refractivity contribution >= 4 is 68.7 Å². The number of furan rings is 1. The number of carbonyl (C=O) groups excluding carboxylic acids is 2. The van der Waals surface area contributed by atoms with Crippen molar-refractivity contribution in [3.63, 3.8) is 0 Å². The number of oxime groups is 1. The van der Waals surface area contributed by atoms with Crippen molar-refractivity contribution in [3.8, 4) is 0 Å². The smallest absolute Gasteiger partial charge is 0.371 e. The number of nitrogens with one attached hydrogen (secondary N) is 1. The van der Waals surface area contributed by atoms with Gasteiger partial charge >= 0.3 is 11.9 Å². The molecule has 1 unspecified atom stereocenters. The first-order valence-corrected chi connectivity index (χ1v) is 12.8. The van der Waals surface area contributed by atoms with E-state index in [0.29, 0.717) is 16.5 Å². The molecule has 5 heterocycles. The first-order chi connectivity index (χ1) is 18.2. The van der Waals surface area contributed by atoms with Crippen LogP contribution >= 0.6 is 23.1 Å². The van der Waals surface area contributed by atoms with Crippen molar-refractivity contribution in [1.82, 2.24) is 15.2 Å². The zero-order chi connectivity index (χ0) is 27.1. The number of nitrogens with two attached hydrogens (primary N) is 1. The van der Waals surface area contributed by atoms with Crippen LogP contribution in [-0.4, -0.2) is 73.8 Å². The number of nitrogen functional groups attached to an aromatic ring is 1. The Kier molecular flexibility index (Phi) is 6.50. The third kappa shape index (κ3) is 4.43.